The molecule has 1 fully saturated rings. The van der Waals surface area contributed by atoms with Gasteiger partial charge >= 0.3 is 0 Å². The number of para-hydroxylation sites is 1. The quantitative estimate of drug-likeness (QED) is 0.414. The van der Waals surface area contributed by atoms with E-state index in [-0.39, 0.29) is 17.9 Å². The van der Waals surface area contributed by atoms with Crippen LogP contribution in [0.3, 0.4) is 0 Å². The molecule has 3 heterocycles. The van der Waals surface area contributed by atoms with Gasteiger partial charge in [-0.15, -0.1) is 0 Å². The first-order valence-corrected chi connectivity index (χ1v) is 11.3. The highest BCUT2D eigenvalue weighted by Crippen LogP contribution is 2.68. The number of phenols is 1. The smallest absolute Gasteiger partial charge is 0.166 e. The number of aliphatic hydroxyl groups is 1. The van der Waals surface area contributed by atoms with Crippen LogP contribution < -0.4 is 4.74 Å². The van der Waals surface area contributed by atoms with Crippen molar-refractivity contribution in [2.24, 2.45) is 0 Å². The number of likely N-dealkylation sites (tertiary alicyclic amines) is 1. The monoisotopic (exact) mass is 500 g/mol. The summed E-state index contributed by atoms with van der Waals surface area (Å²) in [5, 5.41) is 24.3. The van der Waals surface area contributed by atoms with E-state index in [4.69, 9.17) is 4.74 Å². The number of aromatic nitrogens is 1. The molecule has 4 atom stereocenters. The molecular weight excluding hydrogens is 479 g/mol. The molecule has 148 valence electrons. The molecule has 2 aliphatic heterocycles. The fourth-order valence-corrected chi connectivity index (χ4v) is 7.52. The van der Waals surface area contributed by atoms with Gasteiger partial charge in [0.25, 0.3) is 0 Å². The van der Waals surface area contributed by atoms with E-state index < -0.39 is 11.0 Å². The second-order valence-corrected chi connectivity index (χ2v) is 10.3. The topological polar surface area (TPSA) is 68.7 Å². The Balaban J connectivity index is 1.61. The lowest BCUT2D eigenvalue weighted by atomic mass is 9.49. The van der Waals surface area contributed by atoms with E-state index in [1.807, 2.05) is 6.07 Å². The predicted octanol–water partition coefficient (Wildman–Crippen LogP) is 3.40. The maximum atomic E-state index is 12.4. The second-order valence-electron chi connectivity index (χ2n) is 9.15. The van der Waals surface area contributed by atoms with E-state index in [9.17, 15) is 10.2 Å². The van der Waals surface area contributed by atoms with Crippen LogP contribution in [-0.4, -0.2) is 45.3 Å². The molecule has 1 spiro atoms. The molecule has 4 aliphatic rings. The van der Waals surface area contributed by atoms with Crippen molar-refractivity contribution in [2.75, 3.05) is 13.6 Å². The molecule has 7 rings (SSSR count). The fraction of sp³-hybridized carbons (Fsp3) is 0.391. The van der Waals surface area contributed by atoms with Gasteiger partial charge in [0.2, 0.25) is 0 Å². The van der Waals surface area contributed by atoms with Crippen LogP contribution in [0.5, 0.6) is 11.5 Å². The number of phenolic OH excluding ortho intramolecular Hbond substituents is 1. The van der Waals surface area contributed by atoms with Gasteiger partial charge in [-0.1, -0.05) is 18.2 Å². The summed E-state index contributed by atoms with van der Waals surface area (Å²) in [6, 6.07) is 10.1. The highest BCUT2D eigenvalue weighted by atomic mass is 127. The summed E-state index contributed by atoms with van der Waals surface area (Å²) in [6.45, 7) is 0.911. The van der Waals surface area contributed by atoms with Gasteiger partial charge in [-0.05, 0) is 72.3 Å². The Bertz CT molecular complexity index is 1240. The van der Waals surface area contributed by atoms with E-state index >= 15 is 0 Å². The summed E-state index contributed by atoms with van der Waals surface area (Å²) in [5.74, 6) is 0.759. The Hall–Kier alpha value is -1.77. The number of likely N-dealkylation sites (N-methyl/N-ethyl adjacent to an activating group) is 1. The lowest BCUT2D eigenvalue weighted by Gasteiger charge is -2.62. The van der Waals surface area contributed by atoms with Gasteiger partial charge in [0, 0.05) is 27.0 Å². The Morgan fingerprint density at radius 1 is 1.28 bits per heavy atom. The number of aromatic amines is 1. The van der Waals surface area contributed by atoms with Crippen molar-refractivity contribution in [3.8, 4) is 11.5 Å². The third-order valence-corrected chi connectivity index (χ3v) is 9.01. The van der Waals surface area contributed by atoms with Crippen LogP contribution in [0.25, 0.3) is 10.9 Å². The zero-order valence-electron chi connectivity index (χ0n) is 16.0. The Labute approximate surface area is 181 Å². The zero-order valence-corrected chi connectivity index (χ0v) is 18.2. The molecule has 0 saturated carbocycles. The Morgan fingerprint density at radius 3 is 3.00 bits per heavy atom. The molecule has 1 aromatic heterocycles. The van der Waals surface area contributed by atoms with Crippen molar-refractivity contribution in [1.29, 1.82) is 0 Å². The van der Waals surface area contributed by atoms with Crippen LogP contribution in [0.15, 0.2) is 30.3 Å². The summed E-state index contributed by atoms with van der Waals surface area (Å²) in [4.78, 5) is 5.98. The number of H-pyrrole nitrogens is 1. The van der Waals surface area contributed by atoms with Gasteiger partial charge in [0.05, 0.1) is 22.2 Å². The minimum absolute atomic E-state index is 0.0335. The van der Waals surface area contributed by atoms with Gasteiger partial charge in [-0.25, -0.2) is 0 Å². The van der Waals surface area contributed by atoms with Crippen LogP contribution in [0.2, 0.25) is 0 Å². The van der Waals surface area contributed by atoms with Crippen LogP contribution in [0.4, 0.5) is 0 Å². The Kier molecular flexibility index (Phi) is 2.98. The lowest BCUT2D eigenvalue weighted by molar-refractivity contribution is -0.167. The summed E-state index contributed by atoms with van der Waals surface area (Å²) in [6.07, 6.45) is 1.89. The van der Waals surface area contributed by atoms with E-state index in [1.165, 1.54) is 14.5 Å². The number of halogens is 1. The third kappa shape index (κ3) is 1.70. The molecule has 5 nitrogen and oxygen atoms in total. The summed E-state index contributed by atoms with van der Waals surface area (Å²) in [7, 11) is 2.13. The summed E-state index contributed by atoms with van der Waals surface area (Å²) >= 11 is 2.36. The normalized spacial score (nSPS) is 34.0. The standard InChI is InChI=1S/C23H21IN2O3/c1-26-8-7-22-17-11-5-6-15(27)20(17)29-21(22)19-13(10-23(22,28)16(26)9-11)12-3-2-4-14(24)18(12)25-19/h2-6,16,21,25,27-28H,7-10H2,1H3. The number of rotatable bonds is 0. The van der Waals surface area contributed by atoms with Crippen LogP contribution in [0, 0.1) is 3.57 Å². The minimum Gasteiger partial charge on any atom is -0.504 e. The van der Waals surface area contributed by atoms with Gasteiger partial charge in [0.15, 0.2) is 17.6 Å². The molecule has 2 aromatic carbocycles. The van der Waals surface area contributed by atoms with Crippen molar-refractivity contribution in [3.05, 3.63) is 56.3 Å². The van der Waals surface area contributed by atoms with Crippen molar-refractivity contribution in [1.82, 2.24) is 9.88 Å². The largest absolute Gasteiger partial charge is 0.504 e. The molecule has 2 bridgehead atoms. The predicted molar refractivity (Wildman–Crippen MR) is 118 cm³/mol. The molecule has 3 aromatic rings. The average molecular weight is 500 g/mol. The van der Waals surface area contributed by atoms with Crippen LogP contribution in [0.1, 0.15) is 34.9 Å². The highest BCUT2D eigenvalue weighted by molar-refractivity contribution is 14.1. The number of nitrogens with one attached hydrogen (secondary N) is 1. The van der Waals surface area contributed by atoms with E-state index in [2.05, 4.69) is 57.7 Å². The summed E-state index contributed by atoms with van der Waals surface area (Å²) < 4.78 is 7.71. The molecule has 2 aliphatic carbocycles. The number of aromatic hydroxyl groups is 1. The first kappa shape index (κ1) is 17.0. The second kappa shape index (κ2) is 5.10. The van der Waals surface area contributed by atoms with Gasteiger partial charge in [0.1, 0.15) is 0 Å². The SMILES string of the molecule is CN1CCC23c4c5ccc(O)c4OC2c2[nH]c4c(I)cccc4c2CC3(O)C1C5. The Morgan fingerprint density at radius 2 is 2.14 bits per heavy atom. The summed E-state index contributed by atoms with van der Waals surface area (Å²) in [5.41, 5.74) is 4.15. The fourth-order valence-electron chi connectivity index (χ4n) is 6.88. The average Bonchev–Trinajstić information content (AvgIpc) is 3.23. The minimum atomic E-state index is -0.930. The zero-order chi connectivity index (χ0) is 19.7. The van der Waals surface area contributed by atoms with E-state index in [1.54, 1.807) is 6.07 Å². The molecule has 0 radical (unpaired) electrons. The number of hydrogen-bond donors (Lipinski definition) is 3. The number of nitrogens with zero attached hydrogens (tertiary/aromatic N) is 1. The van der Waals surface area contributed by atoms with Crippen LogP contribution >= 0.6 is 22.6 Å². The van der Waals surface area contributed by atoms with Crippen molar-refractivity contribution in [3.63, 3.8) is 0 Å². The van der Waals surface area contributed by atoms with Crippen molar-refractivity contribution >= 4 is 33.5 Å². The molecule has 1 saturated heterocycles. The number of piperidine rings is 1. The maximum Gasteiger partial charge on any atom is 0.166 e. The third-order valence-electron chi connectivity index (χ3n) is 8.11. The molecule has 3 N–H and O–H groups in total. The molecule has 4 unspecified atom stereocenters. The number of hydrogen-bond acceptors (Lipinski definition) is 4. The molecule has 6 heteroatoms. The van der Waals surface area contributed by atoms with Crippen molar-refractivity contribution in [2.45, 2.75) is 42.4 Å². The highest BCUT2D eigenvalue weighted by Gasteiger charge is 2.72. The van der Waals surface area contributed by atoms with Crippen LogP contribution in [-0.2, 0) is 18.3 Å². The molecule has 0 amide bonds. The number of fused-ring (bicyclic) bond motifs is 4. The van der Waals surface area contributed by atoms with Gasteiger partial charge in [-0.2, -0.15) is 0 Å². The number of benzene rings is 2. The molecule has 29 heavy (non-hydrogen) atoms. The number of ether oxygens (including phenoxy) is 1. The molecular formula is C23H21IN2O3. The lowest BCUT2D eigenvalue weighted by Crippen LogP contribution is -2.73. The van der Waals surface area contributed by atoms with E-state index in [0.717, 1.165) is 41.7 Å². The van der Waals surface area contributed by atoms with Gasteiger partial charge < -0.3 is 24.8 Å². The van der Waals surface area contributed by atoms with Gasteiger partial charge in [-0.3, -0.25) is 0 Å². The van der Waals surface area contributed by atoms with E-state index in [0.29, 0.717) is 12.2 Å². The maximum absolute atomic E-state index is 12.4. The van der Waals surface area contributed by atoms with Crippen molar-refractivity contribution < 1.29 is 14.9 Å². The first-order chi connectivity index (χ1) is 14.0. The first-order valence-electron chi connectivity index (χ1n) is 10.2.